The Morgan fingerprint density at radius 1 is 1.33 bits per heavy atom. The number of aryl methyl sites for hydroxylation is 2. The summed E-state index contributed by atoms with van der Waals surface area (Å²) in [4.78, 5) is 16.7. The number of nitrogens with zero attached hydrogens (tertiary/aromatic N) is 2. The molecule has 0 saturated heterocycles. The van der Waals surface area contributed by atoms with Gasteiger partial charge in [-0.3, -0.25) is 9.36 Å². The number of hydrogen-bond donors (Lipinski definition) is 1. The minimum Gasteiger partial charge on any atom is -0.383 e. The molecule has 0 aliphatic heterocycles. The van der Waals surface area contributed by atoms with Gasteiger partial charge in [0.05, 0.1) is 11.8 Å². The van der Waals surface area contributed by atoms with Crippen LogP contribution >= 0.6 is 11.3 Å². The molecule has 0 spiro atoms. The fourth-order valence-electron chi connectivity index (χ4n) is 2.30. The molecule has 2 heterocycles. The van der Waals surface area contributed by atoms with Crippen molar-refractivity contribution >= 4 is 27.2 Å². The molecule has 0 amide bonds. The van der Waals surface area contributed by atoms with E-state index in [9.17, 15) is 4.79 Å². The van der Waals surface area contributed by atoms with E-state index in [0.717, 1.165) is 21.5 Å². The van der Waals surface area contributed by atoms with E-state index < -0.39 is 0 Å². The van der Waals surface area contributed by atoms with Gasteiger partial charge in [-0.1, -0.05) is 12.1 Å². The van der Waals surface area contributed by atoms with Crippen molar-refractivity contribution in [2.75, 3.05) is 11.9 Å². The summed E-state index contributed by atoms with van der Waals surface area (Å²) in [5.41, 5.74) is 4.23. The van der Waals surface area contributed by atoms with Crippen molar-refractivity contribution in [1.29, 1.82) is 0 Å². The second-order valence-corrected chi connectivity index (χ2v) is 6.02. The first-order valence-electron chi connectivity index (χ1n) is 6.89. The summed E-state index contributed by atoms with van der Waals surface area (Å²) >= 11 is 1.47. The second kappa shape index (κ2) is 5.69. The van der Waals surface area contributed by atoms with Crippen molar-refractivity contribution in [2.45, 2.75) is 20.4 Å². The minimum absolute atomic E-state index is 0.0455. The van der Waals surface area contributed by atoms with Crippen molar-refractivity contribution in [3.8, 4) is 0 Å². The Kier molecular flexibility index (Phi) is 3.75. The number of rotatable bonds is 4. The lowest BCUT2D eigenvalue weighted by molar-refractivity contribution is 0.690. The molecule has 0 aliphatic rings. The summed E-state index contributed by atoms with van der Waals surface area (Å²) in [6.45, 7) is 5.34. The molecule has 0 aliphatic carbocycles. The number of hydrogen-bond acceptors (Lipinski definition) is 4. The predicted octanol–water partition coefficient (Wildman–Crippen LogP) is 3.19. The van der Waals surface area contributed by atoms with E-state index in [-0.39, 0.29) is 5.56 Å². The number of thiophene rings is 1. The number of fused-ring (bicyclic) bond motifs is 1. The Morgan fingerprint density at radius 3 is 3.00 bits per heavy atom. The average molecular weight is 299 g/mol. The molecule has 0 saturated carbocycles. The second-order valence-electron chi connectivity index (χ2n) is 5.14. The Balaban J connectivity index is 1.74. The molecule has 3 aromatic rings. The molecule has 0 bridgehead atoms. The first-order chi connectivity index (χ1) is 10.1. The van der Waals surface area contributed by atoms with E-state index in [1.807, 2.05) is 24.4 Å². The zero-order chi connectivity index (χ0) is 14.8. The van der Waals surface area contributed by atoms with E-state index in [1.165, 1.54) is 16.9 Å². The first kappa shape index (κ1) is 13.8. The van der Waals surface area contributed by atoms with Crippen molar-refractivity contribution in [1.82, 2.24) is 9.55 Å². The highest BCUT2D eigenvalue weighted by Crippen LogP contribution is 2.19. The maximum absolute atomic E-state index is 12.3. The molecule has 0 atom stereocenters. The maximum Gasteiger partial charge on any atom is 0.271 e. The molecule has 1 aromatic carbocycles. The van der Waals surface area contributed by atoms with Gasteiger partial charge in [0, 0.05) is 18.8 Å². The van der Waals surface area contributed by atoms with Gasteiger partial charge in [0.1, 0.15) is 4.70 Å². The summed E-state index contributed by atoms with van der Waals surface area (Å²) in [5.74, 6) is 0. The predicted molar refractivity (Wildman–Crippen MR) is 88.3 cm³/mol. The maximum atomic E-state index is 12.3. The van der Waals surface area contributed by atoms with Crippen molar-refractivity contribution in [2.24, 2.45) is 0 Å². The van der Waals surface area contributed by atoms with Crippen LogP contribution in [0.2, 0.25) is 0 Å². The van der Waals surface area contributed by atoms with Gasteiger partial charge in [0.15, 0.2) is 0 Å². The number of nitrogens with one attached hydrogen (secondary N) is 1. The van der Waals surface area contributed by atoms with Crippen LogP contribution in [0.1, 0.15) is 11.1 Å². The lowest BCUT2D eigenvalue weighted by atomic mass is 10.2. The fourth-order valence-corrected chi connectivity index (χ4v) is 3.25. The highest BCUT2D eigenvalue weighted by atomic mass is 32.1. The van der Waals surface area contributed by atoms with Crippen LogP contribution in [0.15, 0.2) is 40.8 Å². The normalized spacial score (nSPS) is 11.0. The van der Waals surface area contributed by atoms with E-state index in [2.05, 4.69) is 29.4 Å². The Hall–Kier alpha value is -2.14. The third-order valence-corrected chi connectivity index (χ3v) is 4.50. The van der Waals surface area contributed by atoms with Gasteiger partial charge >= 0.3 is 0 Å². The van der Waals surface area contributed by atoms with Crippen LogP contribution in [0.25, 0.3) is 10.2 Å². The first-order valence-corrected chi connectivity index (χ1v) is 7.77. The van der Waals surface area contributed by atoms with Gasteiger partial charge in [0.2, 0.25) is 0 Å². The summed E-state index contributed by atoms with van der Waals surface area (Å²) in [7, 11) is 0. The molecular formula is C16H17N3OS. The lowest BCUT2D eigenvalue weighted by Gasteiger charge is -2.09. The van der Waals surface area contributed by atoms with E-state index in [1.54, 1.807) is 10.9 Å². The Morgan fingerprint density at radius 2 is 2.19 bits per heavy atom. The highest BCUT2D eigenvalue weighted by molar-refractivity contribution is 7.17. The molecule has 3 rings (SSSR count). The summed E-state index contributed by atoms with van der Waals surface area (Å²) in [6, 6.07) is 8.20. The summed E-state index contributed by atoms with van der Waals surface area (Å²) in [5, 5.41) is 5.31. The molecule has 1 N–H and O–H groups in total. The van der Waals surface area contributed by atoms with Crippen LogP contribution < -0.4 is 10.9 Å². The van der Waals surface area contributed by atoms with Crippen LogP contribution in [0.5, 0.6) is 0 Å². The summed E-state index contributed by atoms with van der Waals surface area (Å²) < 4.78 is 2.41. The number of benzene rings is 1. The monoisotopic (exact) mass is 299 g/mol. The largest absolute Gasteiger partial charge is 0.383 e. The fraction of sp³-hybridized carbons (Fsp3) is 0.250. The molecule has 4 nitrogen and oxygen atoms in total. The third-order valence-electron chi connectivity index (χ3n) is 3.42. The van der Waals surface area contributed by atoms with Crippen LogP contribution in [0.4, 0.5) is 5.69 Å². The molecule has 21 heavy (non-hydrogen) atoms. The molecule has 5 heteroatoms. The van der Waals surface area contributed by atoms with E-state index >= 15 is 0 Å². The van der Waals surface area contributed by atoms with Crippen molar-refractivity contribution in [3.05, 3.63) is 57.5 Å². The minimum atomic E-state index is 0.0455. The standard InChI is InChI=1S/C16H17N3OS/c1-11-4-3-5-13(8-11)17-6-7-19-10-18-14-12(2)9-21-15(14)16(19)20/h3-5,8-10,17H,6-7H2,1-2H3. The van der Waals surface area contributed by atoms with Crippen LogP contribution in [0, 0.1) is 13.8 Å². The van der Waals surface area contributed by atoms with Gasteiger partial charge in [-0.15, -0.1) is 11.3 Å². The van der Waals surface area contributed by atoms with Gasteiger partial charge in [-0.25, -0.2) is 4.98 Å². The molecule has 0 fully saturated rings. The number of aromatic nitrogens is 2. The Labute approximate surface area is 127 Å². The zero-order valence-corrected chi connectivity index (χ0v) is 12.9. The number of anilines is 1. The lowest BCUT2D eigenvalue weighted by Crippen LogP contribution is -2.23. The van der Waals surface area contributed by atoms with Crippen LogP contribution in [0.3, 0.4) is 0 Å². The Bertz CT molecular complexity index is 835. The van der Waals surface area contributed by atoms with Crippen molar-refractivity contribution in [3.63, 3.8) is 0 Å². The highest BCUT2D eigenvalue weighted by Gasteiger charge is 2.07. The third kappa shape index (κ3) is 2.83. The summed E-state index contributed by atoms with van der Waals surface area (Å²) in [6.07, 6.45) is 1.64. The smallest absolute Gasteiger partial charge is 0.271 e. The SMILES string of the molecule is Cc1cccc(NCCn2cnc3c(C)csc3c2=O)c1. The van der Waals surface area contributed by atoms with Gasteiger partial charge < -0.3 is 5.32 Å². The van der Waals surface area contributed by atoms with Gasteiger partial charge in [0.25, 0.3) is 5.56 Å². The van der Waals surface area contributed by atoms with Gasteiger partial charge in [-0.2, -0.15) is 0 Å². The van der Waals surface area contributed by atoms with Crippen LogP contribution in [-0.4, -0.2) is 16.1 Å². The average Bonchev–Trinajstić information content (AvgIpc) is 2.84. The molecular weight excluding hydrogens is 282 g/mol. The van der Waals surface area contributed by atoms with E-state index in [0.29, 0.717) is 13.1 Å². The zero-order valence-electron chi connectivity index (χ0n) is 12.1. The molecule has 0 unspecified atom stereocenters. The topological polar surface area (TPSA) is 46.9 Å². The molecule has 108 valence electrons. The van der Waals surface area contributed by atoms with Crippen molar-refractivity contribution < 1.29 is 0 Å². The molecule has 2 aromatic heterocycles. The van der Waals surface area contributed by atoms with Gasteiger partial charge in [-0.05, 0) is 42.5 Å². The molecule has 0 radical (unpaired) electrons. The van der Waals surface area contributed by atoms with Crippen LogP contribution in [-0.2, 0) is 6.54 Å². The van der Waals surface area contributed by atoms with E-state index in [4.69, 9.17) is 0 Å². The quantitative estimate of drug-likeness (QED) is 0.805.